The van der Waals surface area contributed by atoms with Gasteiger partial charge in [-0.15, -0.1) is 0 Å². The van der Waals surface area contributed by atoms with Crippen LogP contribution in [0.25, 0.3) is 0 Å². The molecule has 80 valence electrons. The van der Waals surface area contributed by atoms with E-state index in [-0.39, 0.29) is 5.84 Å². The van der Waals surface area contributed by atoms with Gasteiger partial charge < -0.3 is 20.4 Å². The minimum Gasteiger partial charge on any atom is -0.486 e. The number of oxime groups is 1. The maximum Gasteiger partial charge on any atom is 0.170 e. The highest BCUT2D eigenvalue weighted by Crippen LogP contribution is 2.32. The Hall–Kier alpha value is -1.91. The van der Waals surface area contributed by atoms with Crippen LogP contribution in [0.3, 0.4) is 0 Å². The van der Waals surface area contributed by atoms with Crippen LogP contribution in [0.4, 0.5) is 0 Å². The number of aryl methyl sites for hydroxylation is 1. The van der Waals surface area contributed by atoms with E-state index in [1.807, 2.05) is 13.0 Å². The molecule has 0 aromatic heterocycles. The molecule has 1 heterocycles. The van der Waals surface area contributed by atoms with Crippen molar-refractivity contribution >= 4 is 5.84 Å². The van der Waals surface area contributed by atoms with Gasteiger partial charge in [0.15, 0.2) is 17.3 Å². The maximum atomic E-state index is 8.61. The summed E-state index contributed by atoms with van der Waals surface area (Å²) in [6.07, 6.45) is 0. The van der Waals surface area contributed by atoms with Crippen LogP contribution in [-0.2, 0) is 0 Å². The first kappa shape index (κ1) is 9.64. The molecule has 1 aromatic rings. The highest BCUT2D eigenvalue weighted by molar-refractivity contribution is 5.99. The standard InChI is InChI=1S/C10H12N2O3/c1-6-4-8-9(15-3-2-14-8)5-7(6)10(11)12-13/h4-5,13H,2-3H2,1H3,(H2,11,12). The van der Waals surface area contributed by atoms with Crippen LogP contribution in [0.5, 0.6) is 11.5 Å². The van der Waals surface area contributed by atoms with Crippen LogP contribution >= 0.6 is 0 Å². The summed E-state index contributed by atoms with van der Waals surface area (Å²) in [6, 6.07) is 3.54. The average Bonchev–Trinajstić information content (AvgIpc) is 2.27. The van der Waals surface area contributed by atoms with E-state index in [9.17, 15) is 0 Å². The smallest absolute Gasteiger partial charge is 0.170 e. The number of rotatable bonds is 1. The third-order valence-corrected chi connectivity index (χ3v) is 2.27. The van der Waals surface area contributed by atoms with Crippen molar-refractivity contribution in [3.8, 4) is 11.5 Å². The molecule has 5 heteroatoms. The van der Waals surface area contributed by atoms with Gasteiger partial charge in [-0.1, -0.05) is 5.16 Å². The number of hydrogen-bond donors (Lipinski definition) is 2. The van der Waals surface area contributed by atoms with E-state index in [0.29, 0.717) is 30.3 Å². The lowest BCUT2D eigenvalue weighted by molar-refractivity contribution is 0.171. The minimum atomic E-state index is 0.0736. The van der Waals surface area contributed by atoms with Crippen molar-refractivity contribution in [1.29, 1.82) is 0 Å². The zero-order valence-electron chi connectivity index (χ0n) is 8.36. The molecule has 1 aromatic carbocycles. The Labute approximate surface area is 87.1 Å². The fourth-order valence-corrected chi connectivity index (χ4v) is 1.52. The zero-order valence-corrected chi connectivity index (χ0v) is 8.36. The zero-order chi connectivity index (χ0) is 10.8. The SMILES string of the molecule is Cc1cc2c(cc1/C(N)=N/O)OCCO2. The van der Waals surface area contributed by atoms with Crippen LogP contribution in [0.15, 0.2) is 17.3 Å². The number of hydrogen-bond acceptors (Lipinski definition) is 4. The van der Waals surface area contributed by atoms with Gasteiger partial charge in [-0.2, -0.15) is 0 Å². The predicted octanol–water partition coefficient (Wildman–Crippen LogP) is 0.861. The quantitative estimate of drug-likeness (QED) is 0.310. The molecule has 0 spiro atoms. The van der Waals surface area contributed by atoms with Gasteiger partial charge in [0.05, 0.1) is 0 Å². The van der Waals surface area contributed by atoms with E-state index in [1.54, 1.807) is 6.07 Å². The van der Waals surface area contributed by atoms with Crippen molar-refractivity contribution in [2.24, 2.45) is 10.9 Å². The summed E-state index contributed by atoms with van der Waals surface area (Å²) in [7, 11) is 0. The van der Waals surface area contributed by atoms with Gasteiger partial charge in [0, 0.05) is 5.56 Å². The van der Waals surface area contributed by atoms with E-state index in [1.165, 1.54) is 0 Å². The van der Waals surface area contributed by atoms with Gasteiger partial charge in [-0.3, -0.25) is 0 Å². The molecule has 1 aliphatic rings. The molecule has 0 amide bonds. The Morgan fingerprint density at radius 3 is 2.53 bits per heavy atom. The number of benzene rings is 1. The third kappa shape index (κ3) is 1.68. The molecule has 0 radical (unpaired) electrons. The lowest BCUT2D eigenvalue weighted by Gasteiger charge is -2.19. The molecule has 1 aliphatic heterocycles. The predicted molar refractivity (Wildman–Crippen MR) is 54.7 cm³/mol. The van der Waals surface area contributed by atoms with E-state index < -0.39 is 0 Å². The molecule has 5 nitrogen and oxygen atoms in total. The molecule has 15 heavy (non-hydrogen) atoms. The fourth-order valence-electron chi connectivity index (χ4n) is 1.52. The summed E-state index contributed by atoms with van der Waals surface area (Å²) in [5.41, 5.74) is 7.07. The lowest BCUT2D eigenvalue weighted by atomic mass is 10.1. The molecule has 3 N–H and O–H groups in total. The summed E-state index contributed by atoms with van der Waals surface area (Å²) in [4.78, 5) is 0. The number of fused-ring (bicyclic) bond motifs is 1. The Balaban J connectivity index is 2.49. The number of amidine groups is 1. The summed E-state index contributed by atoms with van der Waals surface area (Å²) >= 11 is 0. The summed E-state index contributed by atoms with van der Waals surface area (Å²) in [5.74, 6) is 1.41. The highest BCUT2D eigenvalue weighted by atomic mass is 16.6. The second-order valence-electron chi connectivity index (χ2n) is 3.30. The molecule has 0 atom stereocenters. The Morgan fingerprint density at radius 2 is 1.93 bits per heavy atom. The lowest BCUT2D eigenvalue weighted by Crippen LogP contribution is -2.19. The Morgan fingerprint density at radius 1 is 1.33 bits per heavy atom. The van der Waals surface area contributed by atoms with Crippen molar-refractivity contribution in [3.63, 3.8) is 0 Å². The number of nitrogens with two attached hydrogens (primary N) is 1. The third-order valence-electron chi connectivity index (χ3n) is 2.27. The molecular formula is C10H12N2O3. The van der Waals surface area contributed by atoms with Gasteiger partial charge in [0.2, 0.25) is 0 Å². The monoisotopic (exact) mass is 208 g/mol. The summed E-state index contributed by atoms with van der Waals surface area (Å²) < 4.78 is 10.8. The minimum absolute atomic E-state index is 0.0736. The largest absolute Gasteiger partial charge is 0.486 e. The van der Waals surface area contributed by atoms with Crippen LogP contribution < -0.4 is 15.2 Å². The molecule has 0 fully saturated rings. The molecule has 0 bridgehead atoms. The summed E-state index contributed by atoms with van der Waals surface area (Å²) in [5, 5.41) is 11.6. The van der Waals surface area contributed by atoms with Gasteiger partial charge in [-0.05, 0) is 24.6 Å². The average molecular weight is 208 g/mol. The van der Waals surface area contributed by atoms with Crippen molar-refractivity contribution in [3.05, 3.63) is 23.3 Å². The van der Waals surface area contributed by atoms with E-state index in [2.05, 4.69) is 5.16 Å². The van der Waals surface area contributed by atoms with E-state index >= 15 is 0 Å². The second kappa shape index (κ2) is 3.68. The number of ether oxygens (including phenoxy) is 2. The second-order valence-corrected chi connectivity index (χ2v) is 3.30. The molecule has 0 aliphatic carbocycles. The van der Waals surface area contributed by atoms with Crippen molar-refractivity contribution in [2.45, 2.75) is 6.92 Å². The van der Waals surface area contributed by atoms with Crippen LogP contribution in [0, 0.1) is 6.92 Å². The van der Waals surface area contributed by atoms with Crippen LogP contribution in [0.2, 0.25) is 0 Å². The molecule has 0 unspecified atom stereocenters. The van der Waals surface area contributed by atoms with Crippen molar-refractivity contribution in [1.82, 2.24) is 0 Å². The Bertz CT molecular complexity index is 415. The first-order valence-corrected chi connectivity index (χ1v) is 4.60. The topological polar surface area (TPSA) is 77.1 Å². The van der Waals surface area contributed by atoms with Crippen molar-refractivity contribution < 1.29 is 14.7 Å². The molecule has 0 saturated carbocycles. The van der Waals surface area contributed by atoms with Crippen LogP contribution in [-0.4, -0.2) is 24.3 Å². The normalized spacial score (nSPS) is 15.1. The Kier molecular flexibility index (Phi) is 2.37. The van der Waals surface area contributed by atoms with Gasteiger partial charge in [0.1, 0.15) is 13.2 Å². The van der Waals surface area contributed by atoms with Crippen LogP contribution in [0.1, 0.15) is 11.1 Å². The summed E-state index contributed by atoms with van der Waals surface area (Å²) in [6.45, 7) is 2.94. The van der Waals surface area contributed by atoms with E-state index in [4.69, 9.17) is 20.4 Å². The molecule has 2 rings (SSSR count). The van der Waals surface area contributed by atoms with E-state index in [0.717, 1.165) is 5.56 Å². The molecule has 0 saturated heterocycles. The van der Waals surface area contributed by atoms with Gasteiger partial charge in [-0.25, -0.2) is 0 Å². The fraction of sp³-hybridized carbons (Fsp3) is 0.300. The van der Waals surface area contributed by atoms with Gasteiger partial charge in [0.25, 0.3) is 0 Å². The maximum absolute atomic E-state index is 8.61. The highest BCUT2D eigenvalue weighted by Gasteiger charge is 2.15. The first-order chi connectivity index (χ1) is 7.22. The number of nitrogens with zero attached hydrogens (tertiary/aromatic N) is 1. The van der Waals surface area contributed by atoms with Gasteiger partial charge >= 0.3 is 0 Å². The molecular weight excluding hydrogens is 196 g/mol. The first-order valence-electron chi connectivity index (χ1n) is 4.60. The van der Waals surface area contributed by atoms with Crippen molar-refractivity contribution in [2.75, 3.05) is 13.2 Å².